The molecule has 3 aromatic rings. The number of aromatic carboxylic acids is 1. The van der Waals surface area contributed by atoms with E-state index < -0.39 is 11.8 Å². The molecule has 0 saturated carbocycles. The molecule has 128 valence electrons. The predicted octanol–water partition coefficient (Wildman–Crippen LogP) is 4.47. The Kier molecular flexibility index (Phi) is 4.12. The molecule has 0 atom stereocenters. The van der Waals surface area contributed by atoms with Crippen molar-refractivity contribution in [1.82, 2.24) is 10.1 Å². The summed E-state index contributed by atoms with van der Waals surface area (Å²) in [5.41, 5.74) is 3.95. The third-order valence-corrected chi connectivity index (χ3v) is 4.19. The van der Waals surface area contributed by atoms with E-state index in [9.17, 15) is 14.3 Å². The second-order valence-electron chi connectivity index (χ2n) is 6.10. The summed E-state index contributed by atoms with van der Waals surface area (Å²) in [5, 5.41) is 13.4. The Balaban J connectivity index is 2.17. The van der Waals surface area contributed by atoms with Gasteiger partial charge in [0, 0.05) is 5.56 Å². The molecule has 1 aromatic heterocycles. The zero-order valence-electron chi connectivity index (χ0n) is 14.3. The van der Waals surface area contributed by atoms with Gasteiger partial charge in [-0.3, -0.25) is 0 Å². The first-order valence-electron chi connectivity index (χ1n) is 7.74. The molecule has 0 aliphatic carbocycles. The second kappa shape index (κ2) is 6.12. The molecule has 25 heavy (non-hydrogen) atoms. The average Bonchev–Trinajstić information content (AvgIpc) is 2.98. The van der Waals surface area contributed by atoms with Gasteiger partial charge in [0.2, 0.25) is 5.82 Å². The molecule has 0 saturated heterocycles. The van der Waals surface area contributed by atoms with Gasteiger partial charge in [0.15, 0.2) is 0 Å². The van der Waals surface area contributed by atoms with E-state index >= 15 is 0 Å². The summed E-state index contributed by atoms with van der Waals surface area (Å²) in [6.45, 7) is 7.15. The number of carboxylic acid groups (broad SMARTS) is 1. The Hall–Kier alpha value is -3.02. The maximum absolute atomic E-state index is 14.0. The molecule has 0 spiro atoms. The molecule has 0 bridgehead atoms. The predicted molar refractivity (Wildman–Crippen MR) is 91.0 cm³/mol. The van der Waals surface area contributed by atoms with Crippen LogP contribution in [0.2, 0.25) is 0 Å². The van der Waals surface area contributed by atoms with Gasteiger partial charge in [0.05, 0.1) is 11.1 Å². The molecule has 2 aromatic carbocycles. The van der Waals surface area contributed by atoms with Crippen molar-refractivity contribution >= 4 is 5.97 Å². The summed E-state index contributed by atoms with van der Waals surface area (Å²) in [7, 11) is 0. The number of halogens is 1. The number of carbonyl (C=O) groups is 1. The Morgan fingerprint density at radius 3 is 2.52 bits per heavy atom. The van der Waals surface area contributed by atoms with Crippen LogP contribution in [0.5, 0.6) is 0 Å². The summed E-state index contributed by atoms with van der Waals surface area (Å²) in [6, 6.07) is 6.40. The number of rotatable bonds is 3. The highest BCUT2D eigenvalue weighted by Crippen LogP contribution is 2.32. The quantitative estimate of drug-likeness (QED) is 0.761. The monoisotopic (exact) mass is 340 g/mol. The highest BCUT2D eigenvalue weighted by atomic mass is 19.1. The molecule has 0 aliphatic heterocycles. The molecule has 0 fully saturated rings. The van der Waals surface area contributed by atoms with Crippen LogP contribution >= 0.6 is 0 Å². The summed E-state index contributed by atoms with van der Waals surface area (Å²) in [4.78, 5) is 15.8. The fourth-order valence-electron chi connectivity index (χ4n) is 3.10. The number of hydrogen-bond donors (Lipinski definition) is 1. The summed E-state index contributed by atoms with van der Waals surface area (Å²) in [5.74, 6) is -1.16. The van der Waals surface area contributed by atoms with Gasteiger partial charge >= 0.3 is 5.97 Å². The van der Waals surface area contributed by atoms with Crippen LogP contribution in [-0.2, 0) is 0 Å². The first-order chi connectivity index (χ1) is 11.8. The van der Waals surface area contributed by atoms with Gasteiger partial charge in [-0.05, 0) is 56.5 Å². The fraction of sp³-hybridized carbons (Fsp3) is 0.211. The third kappa shape index (κ3) is 2.91. The SMILES string of the molecule is Cc1ccc(F)c(-c2nc(-c3c(C)cc(C)c(C(=O)O)c3C)no2)c1. The van der Waals surface area contributed by atoms with Crippen LogP contribution in [0.1, 0.15) is 32.6 Å². The van der Waals surface area contributed by atoms with Crippen LogP contribution in [0, 0.1) is 33.5 Å². The molecule has 0 amide bonds. The summed E-state index contributed by atoms with van der Waals surface area (Å²) >= 11 is 0. The van der Waals surface area contributed by atoms with Gasteiger partial charge in [0.25, 0.3) is 5.89 Å². The number of aromatic nitrogens is 2. The van der Waals surface area contributed by atoms with E-state index in [2.05, 4.69) is 10.1 Å². The number of nitrogens with zero attached hydrogens (tertiary/aromatic N) is 2. The molecule has 5 nitrogen and oxygen atoms in total. The van der Waals surface area contributed by atoms with E-state index in [-0.39, 0.29) is 22.8 Å². The Morgan fingerprint density at radius 1 is 1.12 bits per heavy atom. The number of benzene rings is 2. The summed E-state index contributed by atoms with van der Waals surface area (Å²) in [6.07, 6.45) is 0. The molecular weight excluding hydrogens is 323 g/mol. The van der Waals surface area contributed by atoms with Crippen molar-refractivity contribution in [3.05, 3.63) is 57.9 Å². The molecule has 6 heteroatoms. The molecule has 0 radical (unpaired) electrons. The summed E-state index contributed by atoms with van der Waals surface area (Å²) < 4.78 is 19.3. The number of carboxylic acids is 1. The van der Waals surface area contributed by atoms with Gasteiger partial charge in [0.1, 0.15) is 5.82 Å². The van der Waals surface area contributed by atoms with Gasteiger partial charge in [-0.2, -0.15) is 4.98 Å². The first kappa shape index (κ1) is 16.8. The Morgan fingerprint density at radius 2 is 1.84 bits per heavy atom. The second-order valence-corrected chi connectivity index (χ2v) is 6.10. The Labute approximate surface area is 144 Å². The van der Waals surface area contributed by atoms with Crippen LogP contribution in [0.4, 0.5) is 4.39 Å². The smallest absolute Gasteiger partial charge is 0.336 e. The van der Waals surface area contributed by atoms with Gasteiger partial charge in [-0.1, -0.05) is 22.9 Å². The zero-order valence-corrected chi connectivity index (χ0v) is 14.3. The van der Waals surface area contributed by atoms with Crippen molar-refractivity contribution < 1.29 is 18.8 Å². The van der Waals surface area contributed by atoms with E-state index in [0.29, 0.717) is 16.7 Å². The minimum Gasteiger partial charge on any atom is -0.478 e. The van der Waals surface area contributed by atoms with Crippen molar-refractivity contribution in [2.45, 2.75) is 27.7 Å². The van der Waals surface area contributed by atoms with Crippen molar-refractivity contribution in [1.29, 1.82) is 0 Å². The zero-order chi connectivity index (χ0) is 18.3. The topological polar surface area (TPSA) is 76.2 Å². The minimum absolute atomic E-state index is 0.0625. The average molecular weight is 340 g/mol. The van der Waals surface area contributed by atoms with Crippen LogP contribution in [0.25, 0.3) is 22.8 Å². The van der Waals surface area contributed by atoms with Crippen molar-refractivity contribution in [2.24, 2.45) is 0 Å². The van der Waals surface area contributed by atoms with E-state index in [1.165, 1.54) is 6.07 Å². The van der Waals surface area contributed by atoms with E-state index in [1.807, 2.05) is 13.8 Å². The fourth-order valence-corrected chi connectivity index (χ4v) is 3.10. The molecule has 0 unspecified atom stereocenters. The standard InChI is InChI=1S/C19H17FN2O3/c1-9-5-6-14(20)13(7-9)18-21-17(22-25-18)15-10(2)8-11(3)16(12(15)4)19(23)24/h5-8H,1-4H3,(H,23,24). The van der Waals surface area contributed by atoms with Crippen LogP contribution < -0.4 is 0 Å². The van der Waals surface area contributed by atoms with Crippen LogP contribution in [0.3, 0.4) is 0 Å². The van der Waals surface area contributed by atoms with E-state index in [0.717, 1.165) is 11.1 Å². The minimum atomic E-state index is -1.01. The molecular formula is C19H17FN2O3. The van der Waals surface area contributed by atoms with E-state index in [4.69, 9.17) is 4.52 Å². The lowest BCUT2D eigenvalue weighted by atomic mass is 9.93. The largest absolute Gasteiger partial charge is 0.478 e. The maximum atomic E-state index is 14.0. The van der Waals surface area contributed by atoms with Crippen molar-refractivity contribution in [3.63, 3.8) is 0 Å². The molecule has 1 heterocycles. The lowest BCUT2D eigenvalue weighted by Gasteiger charge is -2.12. The van der Waals surface area contributed by atoms with Crippen LogP contribution in [-0.4, -0.2) is 21.2 Å². The Bertz CT molecular complexity index is 993. The van der Waals surface area contributed by atoms with Crippen molar-refractivity contribution in [2.75, 3.05) is 0 Å². The molecule has 1 N–H and O–H groups in total. The van der Waals surface area contributed by atoms with Crippen LogP contribution in [0.15, 0.2) is 28.8 Å². The number of aryl methyl sites for hydroxylation is 3. The lowest BCUT2D eigenvalue weighted by Crippen LogP contribution is -2.06. The maximum Gasteiger partial charge on any atom is 0.336 e. The van der Waals surface area contributed by atoms with Gasteiger partial charge in [-0.25, -0.2) is 9.18 Å². The molecule has 0 aliphatic rings. The lowest BCUT2D eigenvalue weighted by molar-refractivity contribution is 0.0695. The van der Waals surface area contributed by atoms with Gasteiger partial charge in [-0.15, -0.1) is 0 Å². The third-order valence-electron chi connectivity index (χ3n) is 4.19. The number of hydrogen-bond acceptors (Lipinski definition) is 4. The normalized spacial score (nSPS) is 10.9. The highest BCUT2D eigenvalue weighted by molar-refractivity contribution is 5.93. The van der Waals surface area contributed by atoms with Gasteiger partial charge < -0.3 is 9.63 Å². The van der Waals surface area contributed by atoms with Crippen molar-refractivity contribution in [3.8, 4) is 22.8 Å². The highest BCUT2D eigenvalue weighted by Gasteiger charge is 2.22. The first-order valence-corrected chi connectivity index (χ1v) is 7.74. The van der Waals surface area contributed by atoms with E-state index in [1.54, 1.807) is 32.0 Å². The molecule has 3 rings (SSSR count).